The number of hydrogen-bond donors (Lipinski definition) is 1. The highest BCUT2D eigenvalue weighted by molar-refractivity contribution is 7.98. The predicted molar refractivity (Wildman–Crippen MR) is 100 cm³/mol. The van der Waals surface area contributed by atoms with Gasteiger partial charge < -0.3 is 15.2 Å². The molecule has 2 N–H and O–H groups in total. The number of amides is 1. The Morgan fingerprint density at radius 3 is 2.75 bits per heavy atom. The highest BCUT2D eigenvalue weighted by atomic mass is 32.2. The first-order chi connectivity index (χ1) is 11.6. The highest BCUT2D eigenvalue weighted by Crippen LogP contribution is 2.29. The van der Waals surface area contributed by atoms with Gasteiger partial charge in [0.2, 0.25) is 5.91 Å². The third-order valence-electron chi connectivity index (χ3n) is 4.94. The largest absolute Gasteiger partial charge is 0.341 e. The molecule has 1 aromatic heterocycles. The second-order valence-corrected chi connectivity index (χ2v) is 7.49. The maximum absolute atomic E-state index is 12.4. The fourth-order valence-electron chi connectivity index (χ4n) is 3.49. The van der Waals surface area contributed by atoms with Gasteiger partial charge in [0, 0.05) is 26.1 Å². The zero-order valence-corrected chi connectivity index (χ0v) is 15.3. The second-order valence-electron chi connectivity index (χ2n) is 6.51. The van der Waals surface area contributed by atoms with Crippen LogP contribution < -0.4 is 5.73 Å². The van der Waals surface area contributed by atoms with E-state index >= 15 is 0 Å². The van der Waals surface area contributed by atoms with Crippen LogP contribution in [0.4, 0.5) is 0 Å². The number of nitrogens with zero attached hydrogens (tertiary/aromatic N) is 3. The number of hydrogen-bond acceptors (Lipinski definition) is 4. The van der Waals surface area contributed by atoms with Crippen molar-refractivity contribution >= 4 is 28.7 Å². The summed E-state index contributed by atoms with van der Waals surface area (Å²) in [5.74, 6) is 2.58. The van der Waals surface area contributed by atoms with Crippen LogP contribution in [0.25, 0.3) is 11.0 Å². The number of thioether (sulfide) groups is 1. The molecule has 24 heavy (non-hydrogen) atoms. The van der Waals surface area contributed by atoms with Gasteiger partial charge in [-0.3, -0.25) is 4.79 Å². The van der Waals surface area contributed by atoms with E-state index in [1.807, 2.05) is 23.3 Å². The van der Waals surface area contributed by atoms with Gasteiger partial charge in [0.05, 0.1) is 17.1 Å². The zero-order valence-electron chi connectivity index (χ0n) is 14.4. The lowest BCUT2D eigenvalue weighted by atomic mass is 9.95. The summed E-state index contributed by atoms with van der Waals surface area (Å²) in [5, 5.41) is 0. The van der Waals surface area contributed by atoms with E-state index in [4.69, 9.17) is 10.7 Å². The molecule has 2 heterocycles. The molecule has 0 unspecified atom stereocenters. The maximum Gasteiger partial charge on any atom is 0.239 e. The van der Waals surface area contributed by atoms with E-state index in [0.717, 1.165) is 49.4 Å². The minimum atomic E-state index is -0.357. The standard InChI is InChI=1S/C18H26N4OS/c1-21-16-6-4-3-5-15(16)20-17(21)13-7-10-22(11-8-13)18(23)14(19)9-12-24-2/h3-6,13-14H,7-12,19H2,1-2H3/t14-/m0/s1. The number of carbonyl (C=O) groups excluding carboxylic acids is 1. The molecule has 3 rings (SSSR count). The molecule has 1 atom stereocenters. The van der Waals surface area contributed by atoms with Crippen molar-refractivity contribution < 1.29 is 4.79 Å². The minimum absolute atomic E-state index is 0.104. The van der Waals surface area contributed by atoms with E-state index in [1.54, 1.807) is 11.8 Å². The Morgan fingerprint density at radius 1 is 1.38 bits per heavy atom. The number of rotatable bonds is 5. The Labute approximate surface area is 147 Å². The quantitative estimate of drug-likeness (QED) is 0.903. The van der Waals surface area contributed by atoms with Crippen LogP contribution in [0.3, 0.4) is 0 Å². The smallest absolute Gasteiger partial charge is 0.239 e. The van der Waals surface area contributed by atoms with Gasteiger partial charge in [-0.25, -0.2) is 4.98 Å². The van der Waals surface area contributed by atoms with Gasteiger partial charge in [0.25, 0.3) is 0 Å². The number of imidazole rings is 1. The number of nitrogens with two attached hydrogens (primary N) is 1. The van der Waals surface area contributed by atoms with Gasteiger partial charge in [-0.1, -0.05) is 12.1 Å². The fourth-order valence-corrected chi connectivity index (χ4v) is 3.98. The van der Waals surface area contributed by atoms with Crippen LogP contribution in [-0.4, -0.2) is 51.5 Å². The summed E-state index contributed by atoms with van der Waals surface area (Å²) >= 11 is 1.73. The van der Waals surface area contributed by atoms with Crippen LogP contribution >= 0.6 is 11.8 Å². The van der Waals surface area contributed by atoms with Crippen LogP contribution in [0.15, 0.2) is 24.3 Å². The van der Waals surface area contributed by atoms with E-state index in [0.29, 0.717) is 5.92 Å². The molecular formula is C18H26N4OS. The van der Waals surface area contributed by atoms with Gasteiger partial charge in [-0.15, -0.1) is 0 Å². The van der Waals surface area contributed by atoms with Crippen molar-refractivity contribution in [3.63, 3.8) is 0 Å². The Kier molecular flexibility index (Phi) is 5.46. The number of aryl methyl sites for hydroxylation is 1. The lowest BCUT2D eigenvalue weighted by Gasteiger charge is -2.33. The first kappa shape index (κ1) is 17.3. The van der Waals surface area contributed by atoms with Gasteiger partial charge in [-0.05, 0) is 43.4 Å². The van der Waals surface area contributed by atoms with Crippen molar-refractivity contribution in [2.75, 3.05) is 25.1 Å². The molecule has 5 nitrogen and oxygen atoms in total. The van der Waals surface area contributed by atoms with Crippen LogP contribution in [-0.2, 0) is 11.8 Å². The number of fused-ring (bicyclic) bond motifs is 1. The van der Waals surface area contributed by atoms with E-state index < -0.39 is 0 Å². The molecule has 1 aliphatic heterocycles. The van der Waals surface area contributed by atoms with E-state index in [1.165, 1.54) is 5.52 Å². The first-order valence-corrected chi connectivity index (χ1v) is 9.96. The van der Waals surface area contributed by atoms with Gasteiger partial charge in [0.15, 0.2) is 0 Å². The van der Waals surface area contributed by atoms with Crippen molar-refractivity contribution in [3.8, 4) is 0 Å². The third kappa shape index (κ3) is 3.44. The monoisotopic (exact) mass is 346 g/mol. The van der Waals surface area contributed by atoms with Gasteiger partial charge in [0.1, 0.15) is 5.82 Å². The normalized spacial score (nSPS) is 17.4. The number of piperidine rings is 1. The molecule has 0 aliphatic carbocycles. The maximum atomic E-state index is 12.4. The predicted octanol–water partition coefficient (Wildman–Crippen LogP) is 2.36. The second kappa shape index (κ2) is 7.57. The van der Waals surface area contributed by atoms with Crippen molar-refractivity contribution in [1.82, 2.24) is 14.5 Å². The molecule has 130 valence electrons. The molecular weight excluding hydrogens is 320 g/mol. The van der Waals surface area contributed by atoms with Crippen LogP contribution in [0.2, 0.25) is 0 Å². The van der Waals surface area contributed by atoms with Crippen molar-refractivity contribution in [2.24, 2.45) is 12.8 Å². The van der Waals surface area contributed by atoms with Crippen LogP contribution in [0.5, 0.6) is 0 Å². The molecule has 1 aliphatic rings. The fraction of sp³-hybridized carbons (Fsp3) is 0.556. The Hall–Kier alpha value is -1.53. The Morgan fingerprint density at radius 2 is 2.08 bits per heavy atom. The molecule has 1 aromatic carbocycles. The average Bonchev–Trinajstić information content (AvgIpc) is 2.96. The zero-order chi connectivity index (χ0) is 17.1. The van der Waals surface area contributed by atoms with Gasteiger partial charge in [-0.2, -0.15) is 11.8 Å². The topological polar surface area (TPSA) is 64.2 Å². The summed E-state index contributed by atoms with van der Waals surface area (Å²) in [6.45, 7) is 1.55. The Balaban J connectivity index is 1.64. The number of benzene rings is 1. The summed E-state index contributed by atoms with van der Waals surface area (Å²) in [6.07, 6.45) is 4.71. The van der Waals surface area contributed by atoms with E-state index in [-0.39, 0.29) is 11.9 Å². The number of aromatic nitrogens is 2. The molecule has 0 saturated carbocycles. The molecule has 1 fully saturated rings. The highest BCUT2D eigenvalue weighted by Gasteiger charge is 2.28. The summed E-state index contributed by atoms with van der Waals surface area (Å²) in [4.78, 5) is 19.2. The molecule has 1 amide bonds. The Bertz CT molecular complexity index is 706. The first-order valence-electron chi connectivity index (χ1n) is 8.56. The van der Waals surface area contributed by atoms with Gasteiger partial charge >= 0.3 is 0 Å². The molecule has 0 bridgehead atoms. The summed E-state index contributed by atoms with van der Waals surface area (Å²) in [6, 6.07) is 7.88. The van der Waals surface area contributed by atoms with Crippen molar-refractivity contribution in [2.45, 2.75) is 31.2 Å². The average molecular weight is 347 g/mol. The van der Waals surface area contributed by atoms with Crippen molar-refractivity contribution in [3.05, 3.63) is 30.1 Å². The SMILES string of the molecule is CSCC[C@H](N)C(=O)N1CCC(c2nc3ccccc3n2C)CC1. The number of para-hydroxylation sites is 2. The minimum Gasteiger partial charge on any atom is -0.341 e. The van der Waals surface area contributed by atoms with E-state index in [9.17, 15) is 4.79 Å². The van der Waals surface area contributed by atoms with Crippen LogP contribution in [0, 0.1) is 0 Å². The molecule has 6 heteroatoms. The molecule has 2 aromatic rings. The lowest BCUT2D eigenvalue weighted by molar-refractivity contribution is -0.133. The molecule has 0 radical (unpaired) electrons. The summed E-state index contributed by atoms with van der Waals surface area (Å²) < 4.78 is 2.20. The molecule has 1 saturated heterocycles. The number of likely N-dealkylation sites (tertiary alicyclic amines) is 1. The third-order valence-corrected chi connectivity index (χ3v) is 5.59. The lowest BCUT2D eigenvalue weighted by Crippen LogP contribution is -2.47. The van der Waals surface area contributed by atoms with E-state index in [2.05, 4.69) is 23.7 Å². The summed E-state index contributed by atoms with van der Waals surface area (Å²) in [5.41, 5.74) is 8.25. The van der Waals surface area contributed by atoms with Crippen LogP contribution in [0.1, 0.15) is 31.0 Å². The summed E-state index contributed by atoms with van der Waals surface area (Å²) in [7, 11) is 2.08. The number of carbonyl (C=O) groups is 1. The molecule has 0 spiro atoms. The van der Waals surface area contributed by atoms with Crippen molar-refractivity contribution in [1.29, 1.82) is 0 Å².